The summed E-state index contributed by atoms with van der Waals surface area (Å²) in [4.78, 5) is 12.2. The Morgan fingerprint density at radius 2 is 1.09 bits per heavy atom. The van der Waals surface area contributed by atoms with Crippen molar-refractivity contribution in [2.45, 2.75) is 55.6 Å². The highest BCUT2D eigenvalue weighted by atomic mass is 19.4. The second-order valence-corrected chi connectivity index (χ2v) is 9.72. The summed E-state index contributed by atoms with van der Waals surface area (Å²) in [5.41, 5.74) is -22.6. The predicted molar refractivity (Wildman–Crippen MR) is 117 cm³/mol. The van der Waals surface area contributed by atoms with Gasteiger partial charge in [-0.05, 0) is 31.2 Å². The summed E-state index contributed by atoms with van der Waals surface area (Å²) in [5.74, 6) is -7.33. The van der Waals surface area contributed by atoms with Gasteiger partial charge in [0.15, 0.2) is 0 Å². The van der Waals surface area contributed by atoms with Crippen molar-refractivity contribution in [3.05, 3.63) is 41.2 Å². The molecule has 0 aliphatic rings. The van der Waals surface area contributed by atoms with Gasteiger partial charge in [-0.25, -0.2) is 8.78 Å². The molecule has 1 rings (SSSR count). The third-order valence-electron chi connectivity index (χ3n) is 6.15. The van der Waals surface area contributed by atoms with Crippen molar-refractivity contribution < 1.29 is 88.7 Å². The number of hydrogen-bond acceptors (Lipinski definition) is 2. The average molecular weight is 681 g/mol. The number of alkyl halides is 17. The maximum absolute atomic E-state index is 14.7. The monoisotopic (exact) mass is 681 g/mol. The van der Waals surface area contributed by atoms with Gasteiger partial charge in [-0.3, -0.25) is 4.79 Å². The van der Waals surface area contributed by atoms with Crippen LogP contribution in [0.2, 0.25) is 0 Å². The Bertz CT molecular complexity index is 1110. The molecule has 21 heteroatoms. The first-order chi connectivity index (χ1) is 19.4. The van der Waals surface area contributed by atoms with E-state index in [1.54, 1.807) is 0 Å². The number of rotatable bonds is 10. The summed E-state index contributed by atoms with van der Waals surface area (Å²) in [7, 11) is 3.70. The third kappa shape index (κ3) is 7.98. The zero-order chi connectivity index (χ0) is 35.0. The molecule has 1 aromatic carbocycles. The van der Waals surface area contributed by atoms with E-state index >= 15 is 0 Å². The van der Waals surface area contributed by atoms with E-state index in [1.807, 2.05) is 21.0 Å². The molecule has 0 radical (unpaired) electrons. The van der Waals surface area contributed by atoms with Crippen LogP contribution in [0.5, 0.6) is 5.75 Å². The average Bonchev–Trinajstić information content (AvgIpc) is 2.82. The number of ether oxygens (including phenoxy) is 1. The minimum Gasteiger partial charge on any atom is -0.452 e. The van der Waals surface area contributed by atoms with Gasteiger partial charge in [0.05, 0.1) is 32.8 Å². The lowest BCUT2D eigenvalue weighted by Crippen LogP contribution is -2.67. The lowest BCUT2D eigenvalue weighted by Gasteiger charge is -2.41. The Hall–Kier alpha value is -3.00. The van der Waals surface area contributed by atoms with Crippen LogP contribution in [0.3, 0.4) is 0 Å². The topological polar surface area (TPSA) is 38.3 Å². The van der Waals surface area contributed by atoms with Gasteiger partial charge in [0.1, 0.15) is 5.75 Å². The van der Waals surface area contributed by atoms with Gasteiger partial charge >= 0.3 is 42.2 Å². The van der Waals surface area contributed by atoms with E-state index in [2.05, 4.69) is 10.1 Å². The first-order valence-corrected chi connectivity index (χ1v) is 11.7. The van der Waals surface area contributed by atoms with E-state index in [1.165, 1.54) is 0 Å². The molecule has 0 fully saturated rings. The largest absolute Gasteiger partial charge is 0.452 e. The summed E-state index contributed by atoms with van der Waals surface area (Å²) in [6, 6.07) is 1.10. The summed E-state index contributed by atoms with van der Waals surface area (Å²) >= 11 is 0. The molecular weight excluding hydrogens is 659 g/mol. The molecule has 1 aromatic rings. The van der Waals surface area contributed by atoms with Crippen molar-refractivity contribution in [3.8, 4) is 5.75 Å². The maximum atomic E-state index is 14.7. The van der Waals surface area contributed by atoms with Gasteiger partial charge in [0, 0.05) is 18.5 Å². The summed E-state index contributed by atoms with van der Waals surface area (Å²) in [5, 5.41) is 2.33. The van der Waals surface area contributed by atoms with Gasteiger partial charge in [0.2, 0.25) is 5.76 Å². The van der Waals surface area contributed by atoms with E-state index in [-0.39, 0.29) is 18.7 Å². The van der Waals surface area contributed by atoms with Crippen LogP contribution >= 0.6 is 0 Å². The van der Waals surface area contributed by atoms with Gasteiger partial charge < -0.3 is 14.5 Å². The van der Waals surface area contributed by atoms with Gasteiger partial charge in [0.25, 0.3) is 5.91 Å². The number of quaternary nitrogens is 1. The Morgan fingerprint density at radius 1 is 0.705 bits per heavy atom. The first kappa shape index (κ1) is 39.0. The summed E-state index contributed by atoms with van der Waals surface area (Å²) < 4.78 is 234. The highest BCUT2D eigenvalue weighted by Gasteiger charge is 2.88. The Balaban J connectivity index is 3.89. The molecule has 0 aliphatic heterocycles. The molecule has 0 unspecified atom stereocenters. The van der Waals surface area contributed by atoms with Gasteiger partial charge in [-0.2, -0.15) is 65.9 Å². The van der Waals surface area contributed by atoms with Crippen LogP contribution in [0.4, 0.5) is 74.6 Å². The number of carbonyl (C=O) groups excluding carboxylic acids is 1. The molecule has 4 nitrogen and oxygen atoms in total. The van der Waals surface area contributed by atoms with Crippen LogP contribution in [0, 0.1) is 0 Å². The number of nitrogens with zero attached hydrogens (tertiary/aromatic N) is 1. The van der Waals surface area contributed by atoms with Crippen molar-refractivity contribution in [2.75, 3.05) is 33.7 Å². The SMILES string of the molecule is CC[N+](C)(C)CCCNC(=O)c1ccc(OC(=C(C(F)(C(F)(F)F)C(F)(F)F)C(F)(C(F)(F)F)C(F)(F)F)C(F)(F)F)cc1. The van der Waals surface area contributed by atoms with Crippen LogP contribution < -0.4 is 10.1 Å². The van der Waals surface area contributed by atoms with Crippen LogP contribution in [0.25, 0.3) is 0 Å². The molecule has 254 valence electrons. The number of allylic oxidation sites excluding steroid dienone is 2. The van der Waals surface area contributed by atoms with Crippen molar-refractivity contribution in [3.63, 3.8) is 0 Å². The number of carbonyl (C=O) groups is 1. The molecule has 0 bridgehead atoms. The standard InChI is InChI=1S/C23H21F17N2O2/c1-4-42(2,3)11-5-10-41-16(43)12-6-8-13(9-7-12)44-15(19(26,27)28)14(17(24,20(29,30)31)21(32,33)34)18(25,22(35,36)37)23(38,39)40/h6-9H,4-5,10-11H2,1-3H3/p+1. The highest BCUT2D eigenvalue weighted by Crippen LogP contribution is 2.63. The fraction of sp³-hybridized carbons (Fsp3) is 0.609. The Kier molecular flexibility index (Phi) is 11.0. The third-order valence-corrected chi connectivity index (χ3v) is 6.15. The van der Waals surface area contributed by atoms with E-state index < -0.39 is 70.8 Å². The van der Waals surface area contributed by atoms with Crippen LogP contribution in [0.1, 0.15) is 23.7 Å². The molecule has 0 atom stereocenters. The number of hydrogen-bond donors (Lipinski definition) is 1. The van der Waals surface area contributed by atoms with E-state index in [9.17, 15) is 79.4 Å². The zero-order valence-electron chi connectivity index (χ0n) is 22.3. The minimum absolute atomic E-state index is 0.0179. The smallest absolute Gasteiger partial charge is 0.449 e. The number of halogens is 17. The van der Waals surface area contributed by atoms with Crippen LogP contribution in [-0.2, 0) is 0 Å². The van der Waals surface area contributed by atoms with Gasteiger partial charge in [-0.1, -0.05) is 0 Å². The molecule has 0 saturated carbocycles. The van der Waals surface area contributed by atoms with Crippen molar-refractivity contribution in [1.29, 1.82) is 0 Å². The van der Waals surface area contributed by atoms with Crippen molar-refractivity contribution in [1.82, 2.24) is 5.32 Å². The van der Waals surface area contributed by atoms with Crippen LogP contribution in [-0.4, -0.2) is 86.3 Å². The molecule has 1 amide bonds. The minimum atomic E-state index is -8.27. The van der Waals surface area contributed by atoms with Gasteiger partial charge in [-0.15, -0.1) is 0 Å². The molecule has 44 heavy (non-hydrogen) atoms. The zero-order valence-corrected chi connectivity index (χ0v) is 22.3. The Labute approximate surface area is 237 Å². The van der Waals surface area contributed by atoms with E-state index in [0.717, 1.165) is 0 Å². The molecule has 0 aromatic heterocycles. The van der Waals surface area contributed by atoms with Crippen molar-refractivity contribution in [2.24, 2.45) is 0 Å². The fourth-order valence-electron chi connectivity index (χ4n) is 3.45. The number of amides is 1. The first-order valence-electron chi connectivity index (χ1n) is 11.7. The summed E-state index contributed by atoms with van der Waals surface area (Å²) in [6.45, 7) is 3.14. The Morgan fingerprint density at radius 3 is 1.41 bits per heavy atom. The predicted octanol–water partition coefficient (Wildman–Crippen LogP) is 7.76. The molecule has 0 aliphatic carbocycles. The molecule has 1 N–H and O–H groups in total. The maximum Gasteiger partial charge on any atom is 0.449 e. The van der Waals surface area contributed by atoms with E-state index in [0.29, 0.717) is 36.1 Å². The number of nitrogens with one attached hydrogen (secondary N) is 1. The van der Waals surface area contributed by atoms with Crippen LogP contribution in [0.15, 0.2) is 35.6 Å². The molecular formula is C23H22F17N2O2+. The normalized spacial score (nSPS) is 14.4. The summed E-state index contributed by atoms with van der Waals surface area (Å²) in [6.07, 6.45) is -39.2. The number of benzene rings is 1. The second-order valence-electron chi connectivity index (χ2n) is 9.72. The lowest BCUT2D eigenvalue weighted by atomic mass is 9.79. The molecule has 0 spiro atoms. The lowest BCUT2D eigenvalue weighted by molar-refractivity contribution is -0.888. The van der Waals surface area contributed by atoms with Crippen molar-refractivity contribution >= 4 is 5.91 Å². The quantitative estimate of drug-likeness (QED) is 0.119. The van der Waals surface area contributed by atoms with E-state index in [4.69, 9.17) is 0 Å². The molecule has 0 saturated heterocycles. The highest BCUT2D eigenvalue weighted by molar-refractivity contribution is 5.94. The fourth-order valence-corrected chi connectivity index (χ4v) is 3.45. The second kappa shape index (κ2) is 12.4. The molecule has 0 heterocycles.